The first kappa shape index (κ1) is 17.2. The highest BCUT2D eigenvalue weighted by Gasteiger charge is 2.13. The number of nitro benzene ring substituents is 1. The second-order valence-corrected chi connectivity index (χ2v) is 5.25. The molecular formula is C19H14FNO5. The molecule has 26 heavy (non-hydrogen) atoms. The third-order valence-electron chi connectivity index (χ3n) is 3.42. The van der Waals surface area contributed by atoms with Gasteiger partial charge in [-0.15, -0.1) is 0 Å². The van der Waals surface area contributed by atoms with Crippen molar-refractivity contribution in [3.8, 4) is 28.7 Å². The Morgan fingerprint density at radius 2 is 1.23 bits per heavy atom. The van der Waals surface area contributed by atoms with Gasteiger partial charge in [0.1, 0.15) is 34.6 Å². The van der Waals surface area contributed by atoms with Gasteiger partial charge in [0.05, 0.1) is 24.2 Å². The molecule has 0 aliphatic heterocycles. The van der Waals surface area contributed by atoms with E-state index in [9.17, 15) is 14.5 Å². The first-order chi connectivity index (χ1) is 12.5. The van der Waals surface area contributed by atoms with Crippen LogP contribution in [-0.2, 0) is 0 Å². The SMILES string of the molecule is COc1ccc(Oc2cc(Oc3ccc(F)cc3)cc([N+](=O)[O-])c2)cc1. The van der Waals surface area contributed by atoms with Crippen LogP contribution < -0.4 is 14.2 Å². The van der Waals surface area contributed by atoms with Crippen molar-refractivity contribution < 1.29 is 23.5 Å². The molecule has 0 heterocycles. The highest BCUT2D eigenvalue weighted by atomic mass is 19.1. The fourth-order valence-electron chi connectivity index (χ4n) is 2.20. The summed E-state index contributed by atoms with van der Waals surface area (Å²) in [6.07, 6.45) is 0. The summed E-state index contributed by atoms with van der Waals surface area (Å²) in [5, 5.41) is 11.2. The molecular weight excluding hydrogens is 341 g/mol. The second kappa shape index (κ2) is 7.52. The predicted molar refractivity (Wildman–Crippen MR) is 92.6 cm³/mol. The monoisotopic (exact) mass is 355 g/mol. The van der Waals surface area contributed by atoms with E-state index in [-0.39, 0.29) is 17.2 Å². The maximum absolute atomic E-state index is 13.0. The smallest absolute Gasteiger partial charge is 0.276 e. The number of nitro groups is 1. The fourth-order valence-corrected chi connectivity index (χ4v) is 2.20. The number of hydrogen-bond donors (Lipinski definition) is 0. The van der Waals surface area contributed by atoms with Crippen LogP contribution in [0.3, 0.4) is 0 Å². The Labute approximate surface area is 148 Å². The molecule has 3 aromatic rings. The molecule has 0 aromatic heterocycles. The number of halogens is 1. The molecule has 7 heteroatoms. The third-order valence-corrected chi connectivity index (χ3v) is 3.42. The summed E-state index contributed by atoms with van der Waals surface area (Å²) in [5.74, 6) is 1.54. The Morgan fingerprint density at radius 1 is 0.769 bits per heavy atom. The lowest BCUT2D eigenvalue weighted by molar-refractivity contribution is -0.385. The molecule has 0 amide bonds. The summed E-state index contributed by atoms with van der Waals surface area (Å²) in [4.78, 5) is 10.6. The summed E-state index contributed by atoms with van der Waals surface area (Å²) >= 11 is 0. The van der Waals surface area contributed by atoms with Crippen molar-refractivity contribution in [3.63, 3.8) is 0 Å². The van der Waals surface area contributed by atoms with E-state index in [2.05, 4.69) is 0 Å². The van der Waals surface area contributed by atoms with Crippen molar-refractivity contribution in [3.05, 3.63) is 82.7 Å². The van der Waals surface area contributed by atoms with Crippen molar-refractivity contribution in [2.24, 2.45) is 0 Å². The molecule has 3 aromatic carbocycles. The van der Waals surface area contributed by atoms with E-state index in [1.165, 1.54) is 42.5 Å². The van der Waals surface area contributed by atoms with Crippen molar-refractivity contribution in [2.75, 3.05) is 7.11 Å². The predicted octanol–water partition coefficient (Wildman–Crippen LogP) is 5.33. The average molecular weight is 355 g/mol. The van der Waals surface area contributed by atoms with Gasteiger partial charge < -0.3 is 14.2 Å². The van der Waals surface area contributed by atoms with Gasteiger partial charge in [-0.1, -0.05) is 0 Å². The van der Waals surface area contributed by atoms with Gasteiger partial charge in [0, 0.05) is 6.07 Å². The van der Waals surface area contributed by atoms with Crippen molar-refractivity contribution in [2.45, 2.75) is 0 Å². The molecule has 0 spiro atoms. The quantitative estimate of drug-likeness (QED) is 0.442. The topological polar surface area (TPSA) is 70.8 Å². The van der Waals surface area contributed by atoms with Gasteiger partial charge in [0.15, 0.2) is 0 Å². The van der Waals surface area contributed by atoms with Gasteiger partial charge in [-0.3, -0.25) is 10.1 Å². The standard InChI is InChI=1S/C19H14FNO5/c1-24-15-6-8-17(9-7-15)26-19-11-14(21(22)23)10-18(12-19)25-16-4-2-13(20)3-5-16/h2-12H,1H3. The van der Waals surface area contributed by atoms with Crippen LogP contribution in [0, 0.1) is 15.9 Å². The molecule has 0 bridgehead atoms. The van der Waals surface area contributed by atoms with Gasteiger partial charge in [-0.25, -0.2) is 4.39 Å². The average Bonchev–Trinajstić information content (AvgIpc) is 2.64. The third kappa shape index (κ3) is 4.27. The maximum Gasteiger partial charge on any atom is 0.276 e. The molecule has 0 saturated carbocycles. The minimum absolute atomic E-state index is 0.187. The van der Waals surface area contributed by atoms with Gasteiger partial charge in [0.25, 0.3) is 5.69 Å². The number of benzene rings is 3. The number of nitrogens with zero attached hydrogens (tertiary/aromatic N) is 1. The van der Waals surface area contributed by atoms with Crippen LogP contribution in [0.1, 0.15) is 0 Å². The number of non-ortho nitro benzene ring substituents is 1. The first-order valence-corrected chi connectivity index (χ1v) is 7.58. The zero-order chi connectivity index (χ0) is 18.5. The molecule has 3 rings (SSSR count). The minimum atomic E-state index is -0.543. The second-order valence-electron chi connectivity index (χ2n) is 5.25. The van der Waals surface area contributed by atoms with E-state index >= 15 is 0 Å². The molecule has 0 atom stereocenters. The maximum atomic E-state index is 13.0. The van der Waals surface area contributed by atoms with Crippen LogP contribution in [0.4, 0.5) is 10.1 Å². The van der Waals surface area contributed by atoms with Crippen LogP contribution in [-0.4, -0.2) is 12.0 Å². The molecule has 6 nitrogen and oxygen atoms in total. The summed E-state index contributed by atoms with van der Waals surface area (Å²) in [5.41, 5.74) is -0.187. The molecule has 0 fully saturated rings. The van der Waals surface area contributed by atoms with Crippen molar-refractivity contribution in [1.82, 2.24) is 0 Å². The number of hydrogen-bond acceptors (Lipinski definition) is 5. The van der Waals surface area contributed by atoms with E-state index in [0.717, 1.165) is 0 Å². The number of rotatable bonds is 6. The lowest BCUT2D eigenvalue weighted by Gasteiger charge is -2.10. The van der Waals surface area contributed by atoms with Crippen LogP contribution in [0.2, 0.25) is 0 Å². The lowest BCUT2D eigenvalue weighted by atomic mass is 10.2. The van der Waals surface area contributed by atoms with E-state index in [1.807, 2.05) is 0 Å². The number of ether oxygens (including phenoxy) is 3. The molecule has 0 aliphatic rings. The van der Waals surface area contributed by atoms with E-state index in [1.54, 1.807) is 31.4 Å². The van der Waals surface area contributed by atoms with Crippen molar-refractivity contribution >= 4 is 5.69 Å². The van der Waals surface area contributed by atoms with Crippen LogP contribution in [0.15, 0.2) is 66.7 Å². The van der Waals surface area contributed by atoms with E-state index in [4.69, 9.17) is 14.2 Å². The Kier molecular flexibility index (Phi) is 4.98. The normalized spacial score (nSPS) is 10.2. The molecule has 0 saturated heterocycles. The summed E-state index contributed by atoms with van der Waals surface area (Å²) in [6, 6.07) is 16.2. The molecule has 0 unspecified atom stereocenters. The Hall–Kier alpha value is -3.61. The van der Waals surface area contributed by atoms with Gasteiger partial charge >= 0.3 is 0 Å². The fraction of sp³-hybridized carbons (Fsp3) is 0.0526. The number of methoxy groups -OCH3 is 1. The zero-order valence-electron chi connectivity index (χ0n) is 13.7. The Morgan fingerprint density at radius 3 is 1.69 bits per heavy atom. The Bertz CT molecular complexity index is 910. The zero-order valence-corrected chi connectivity index (χ0v) is 13.7. The highest BCUT2D eigenvalue weighted by Crippen LogP contribution is 2.33. The van der Waals surface area contributed by atoms with E-state index in [0.29, 0.717) is 17.2 Å². The summed E-state index contributed by atoms with van der Waals surface area (Å²) in [6.45, 7) is 0. The van der Waals surface area contributed by atoms with Crippen LogP contribution in [0.25, 0.3) is 0 Å². The summed E-state index contributed by atoms with van der Waals surface area (Å²) in [7, 11) is 1.55. The van der Waals surface area contributed by atoms with Crippen LogP contribution in [0.5, 0.6) is 28.7 Å². The molecule has 0 N–H and O–H groups in total. The minimum Gasteiger partial charge on any atom is -0.497 e. The Balaban J connectivity index is 1.87. The molecule has 0 radical (unpaired) electrons. The molecule has 132 valence electrons. The highest BCUT2D eigenvalue weighted by molar-refractivity contribution is 5.49. The summed E-state index contributed by atoms with van der Waals surface area (Å²) < 4.78 is 29.3. The first-order valence-electron chi connectivity index (χ1n) is 7.58. The van der Waals surface area contributed by atoms with Gasteiger partial charge in [-0.2, -0.15) is 0 Å². The lowest BCUT2D eigenvalue weighted by Crippen LogP contribution is -1.93. The van der Waals surface area contributed by atoms with Crippen LogP contribution >= 0.6 is 0 Å². The van der Waals surface area contributed by atoms with E-state index < -0.39 is 10.7 Å². The van der Waals surface area contributed by atoms with Gasteiger partial charge in [0.2, 0.25) is 0 Å². The van der Waals surface area contributed by atoms with Gasteiger partial charge in [-0.05, 0) is 48.5 Å². The largest absolute Gasteiger partial charge is 0.497 e. The van der Waals surface area contributed by atoms with Crippen molar-refractivity contribution in [1.29, 1.82) is 0 Å². The molecule has 0 aliphatic carbocycles.